The van der Waals surface area contributed by atoms with Crippen molar-refractivity contribution in [1.29, 1.82) is 5.26 Å². The molecule has 0 radical (unpaired) electrons. The van der Waals surface area contributed by atoms with Crippen molar-refractivity contribution in [3.63, 3.8) is 0 Å². The van der Waals surface area contributed by atoms with Crippen LogP contribution in [0.5, 0.6) is 5.75 Å². The average molecular weight is 489 g/mol. The summed E-state index contributed by atoms with van der Waals surface area (Å²) in [5.41, 5.74) is 1.56. The van der Waals surface area contributed by atoms with Crippen LogP contribution in [0.3, 0.4) is 0 Å². The Balaban J connectivity index is 1.79. The molecule has 182 valence electrons. The maximum atomic E-state index is 13.5. The minimum absolute atomic E-state index is 0.0148. The number of para-hydroxylation sites is 1. The zero-order chi connectivity index (χ0) is 25.9. The third kappa shape index (κ3) is 4.89. The van der Waals surface area contributed by atoms with E-state index in [2.05, 4.69) is 12.6 Å². The van der Waals surface area contributed by atoms with E-state index in [1.54, 1.807) is 29.9 Å². The van der Waals surface area contributed by atoms with E-state index >= 15 is 0 Å². The first-order chi connectivity index (χ1) is 17.3. The maximum Gasteiger partial charge on any atom is 0.416 e. The van der Waals surface area contributed by atoms with E-state index in [1.165, 1.54) is 12.1 Å². The van der Waals surface area contributed by atoms with Gasteiger partial charge in [0.05, 0.1) is 24.7 Å². The van der Waals surface area contributed by atoms with E-state index in [9.17, 15) is 23.2 Å². The molecule has 3 aromatic carbocycles. The molecule has 1 atom stereocenters. The van der Waals surface area contributed by atoms with Crippen molar-refractivity contribution in [1.82, 2.24) is 4.57 Å². The van der Waals surface area contributed by atoms with E-state index in [1.807, 2.05) is 36.4 Å². The van der Waals surface area contributed by atoms with Gasteiger partial charge in [-0.1, -0.05) is 48.5 Å². The van der Waals surface area contributed by atoms with Gasteiger partial charge in [0.25, 0.3) is 5.56 Å². The van der Waals surface area contributed by atoms with Gasteiger partial charge < -0.3 is 9.30 Å². The molecule has 0 spiro atoms. The molecule has 0 aliphatic rings. The van der Waals surface area contributed by atoms with Gasteiger partial charge in [-0.05, 0) is 53.4 Å². The number of fused-ring (bicyclic) bond motifs is 1. The van der Waals surface area contributed by atoms with Crippen LogP contribution in [0.1, 0.15) is 33.7 Å². The van der Waals surface area contributed by atoms with Gasteiger partial charge in [-0.25, -0.2) is 0 Å². The molecule has 0 bridgehead atoms. The SMILES string of the molecule is C=C[C@H](Cc1c(C#N)c(=O)n(Cc2ccc(OC)cc2)c2ccccc12)c1ccc(C(F)(F)F)cc1. The number of allylic oxidation sites excluding steroid dienone is 1. The molecule has 0 amide bonds. The van der Waals surface area contributed by atoms with Crippen molar-refractivity contribution in [2.24, 2.45) is 0 Å². The van der Waals surface area contributed by atoms with Crippen LogP contribution >= 0.6 is 0 Å². The smallest absolute Gasteiger partial charge is 0.416 e. The van der Waals surface area contributed by atoms with Gasteiger partial charge >= 0.3 is 6.18 Å². The van der Waals surface area contributed by atoms with E-state index < -0.39 is 17.3 Å². The van der Waals surface area contributed by atoms with E-state index in [-0.39, 0.29) is 24.4 Å². The molecule has 4 rings (SSSR count). The van der Waals surface area contributed by atoms with Crippen LogP contribution in [0.2, 0.25) is 0 Å². The van der Waals surface area contributed by atoms with E-state index in [0.717, 1.165) is 23.1 Å². The summed E-state index contributed by atoms with van der Waals surface area (Å²) in [6.07, 6.45) is -2.56. The predicted molar refractivity (Wildman–Crippen MR) is 133 cm³/mol. The highest BCUT2D eigenvalue weighted by Crippen LogP contribution is 2.32. The minimum atomic E-state index is -4.43. The predicted octanol–water partition coefficient (Wildman–Crippen LogP) is 6.46. The van der Waals surface area contributed by atoms with Gasteiger partial charge in [0.1, 0.15) is 17.4 Å². The van der Waals surface area contributed by atoms with Gasteiger partial charge in [-0.15, -0.1) is 6.58 Å². The summed E-state index contributed by atoms with van der Waals surface area (Å²) in [5.74, 6) is 0.308. The fourth-order valence-corrected chi connectivity index (χ4v) is 4.35. The topological polar surface area (TPSA) is 55.0 Å². The van der Waals surface area contributed by atoms with Crippen molar-refractivity contribution in [3.8, 4) is 11.8 Å². The molecule has 1 aromatic heterocycles. The first kappa shape index (κ1) is 24.8. The molecule has 4 nitrogen and oxygen atoms in total. The Morgan fingerprint density at radius 2 is 1.72 bits per heavy atom. The molecule has 0 unspecified atom stereocenters. The Bertz CT molecular complexity index is 1500. The number of hydrogen-bond donors (Lipinski definition) is 0. The van der Waals surface area contributed by atoms with Crippen molar-refractivity contribution in [3.05, 3.63) is 124 Å². The second-order valence-electron chi connectivity index (χ2n) is 8.39. The van der Waals surface area contributed by atoms with Crippen LogP contribution in [0, 0.1) is 11.3 Å². The number of aromatic nitrogens is 1. The number of pyridine rings is 1. The first-order valence-electron chi connectivity index (χ1n) is 11.2. The van der Waals surface area contributed by atoms with Crippen molar-refractivity contribution in [2.75, 3.05) is 7.11 Å². The molecular weight excluding hydrogens is 465 g/mol. The fourth-order valence-electron chi connectivity index (χ4n) is 4.35. The lowest BCUT2D eigenvalue weighted by Crippen LogP contribution is -2.26. The van der Waals surface area contributed by atoms with E-state index in [0.29, 0.717) is 22.4 Å². The Kier molecular flexibility index (Phi) is 6.98. The summed E-state index contributed by atoms with van der Waals surface area (Å²) in [7, 11) is 1.58. The molecule has 0 aliphatic heterocycles. The highest BCUT2D eigenvalue weighted by molar-refractivity contribution is 5.85. The number of nitrogens with zero attached hydrogens (tertiary/aromatic N) is 2. The largest absolute Gasteiger partial charge is 0.497 e. The second-order valence-corrected chi connectivity index (χ2v) is 8.39. The third-order valence-electron chi connectivity index (χ3n) is 6.27. The summed E-state index contributed by atoms with van der Waals surface area (Å²) >= 11 is 0. The number of methoxy groups -OCH3 is 1. The normalized spacial score (nSPS) is 12.2. The number of ether oxygens (including phenoxy) is 1. The van der Waals surface area contributed by atoms with Crippen LogP contribution in [0.25, 0.3) is 10.9 Å². The standard InChI is InChI=1S/C29H23F3N2O2/c1-3-20(21-10-12-22(13-11-21)29(30,31)32)16-25-24-6-4-5-7-27(24)34(28(35)26(25)17-33)18-19-8-14-23(36-2)15-9-19/h3-15,20H,1,16,18H2,2H3/t20-/m1/s1. The molecule has 0 saturated carbocycles. The number of halogens is 3. The quantitative estimate of drug-likeness (QED) is 0.281. The minimum Gasteiger partial charge on any atom is -0.497 e. The summed E-state index contributed by atoms with van der Waals surface area (Å²) in [5, 5.41) is 10.7. The second kappa shape index (κ2) is 10.1. The number of hydrogen-bond acceptors (Lipinski definition) is 3. The van der Waals surface area contributed by atoms with Crippen LogP contribution in [-0.2, 0) is 19.1 Å². The summed E-state index contributed by atoms with van der Waals surface area (Å²) in [4.78, 5) is 13.5. The molecule has 0 aliphatic carbocycles. The first-order valence-corrected chi connectivity index (χ1v) is 11.2. The molecular formula is C29H23F3N2O2. The molecule has 0 N–H and O–H groups in total. The summed E-state index contributed by atoms with van der Waals surface area (Å²) in [6.45, 7) is 4.12. The molecule has 0 saturated heterocycles. The summed E-state index contributed by atoms with van der Waals surface area (Å²) < 4.78 is 45.8. The molecule has 4 aromatic rings. The van der Waals surface area contributed by atoms with Gasteiger partial charge in [-0.3, -0.25) is 4.79 Å². The lowest BCUT2D eigenvalue weighted by atomic mass is 9.88. The Hall–Kier alpha value is -4.31. The molecule has 1 heterocycles. The highest BCUT2D eigenvalue weighted by atomic mass is 19.4. The zero-order valence-corrected chi connectivity index (χ0v) is 19.5. The lowest BCUT2D eigenvalue weighted by Gasteiger charge is -2.19. The van der Waals surface area contributed by atoms with Gasteiger partial charge in [0.15, 0.2) is 0 Å². The molecule has 36 heavy (non-hydrogen) atoms. The monoisotopic (exact) mass is 488 g/mol. The fraction of sp³-hybridized carbons (Fsp3) is 0.172. The maximum absolute atomic E-state index is 13.5. The number of nitriles is 1. The zero-order valence-electron chi connectivity index (χ0n) is 19.5. The van der Waals surface area contributed by atoms with Crippen molar-refractivity contribution in [2.45, 2.75) is 25.1 Å². The summed E-state index contributed by atoms with van der Waals surface area (Å²) in [6, 6.07) is 21.6. The highest BCUT2D eigenvalue weighted by Gasteiger charge is 2.30. The third-order valence-corrected chi connectivity index (χ3v) is 6.27. The average Bonchev–Trinajstić information content (AvgIpc) is 2.89. The van der Waals surface area contributed by atoms with Crippen LogP contribution in [0.4, 0.5) is 13.2 Å². The van der Waals surface area contributed by atoms with Crippen molar-refractivity contribution >= 4 is 10.9 Å². The van der Waals surface area contributed by atoms with Gasteiger partial charge in [0, 0.05) is 11.3 Å². The van der Waals surface area contributed by atoms with Gasteiger partial charge in [0.2, 0.25) is 0 Å². The number of alkyl halides is 3. The Morgan fingerprint density at radius 3 is 2.31 bits per heavy atom. The Labute approximate surface area is 206 Å². The van der Waals surface area contributed by atoms with Crippen LogP contribution < -0.4 is 10.3 Å². The van der Waals surface area contributed by atoms with E-state index in [4.69, 9.17) is 4.74 Å². The number of rotatable bonds is 7. The Morgan fingerprint density at radius 1 is 1.06 bits per heavy atom. The lowest BCUT2D eigenvalue weighted by molar-refractivity contribution is -0.137. The molecule has 0 fully saturated rings. The van der Waals surface area contributed by atoms with Crippen molar-refractivity contribution < 1.29 is 17.9 Å². The number of benzene rings is 3. The van der Waals surface area contributed by atoms with Crippen LogP contribution in [0.15, 0.2) is 90.2 Å². The van der Waals surface area contributed by atoms with Crippen LogP contribution in [-0.4, -0.2) is 11.7 Å². The van der Waals surface area contributed by atoms with Gasteiger partial charge in [-0.2, -0.15) is 18.4 Å². The molecule has 7 heteroatoms.